The number of rotatable bonds is 6. The van der Waals surface area contributed by atoms with Gasteiger partial charge in [0.25, 0.3) is 0 Å². The van der Waals surface area contributed by atoms with E-state index in [-0.39, 0.29) is 5.92 Å². The summed E-state index contributed by atoms with van der Waals surface area (Å²) in [6, 6.07) is 5.73. The first-order valence-electron chi connectivity index (χ1n) is 5.38. The van der Waals surface area contributed by atoms with Gasteiger partial charge in [-0.2, -0.15) is 0 Å². The zero-order valence-electron chi connectivity index (χ0n) is 9.90. The first kappa shape index (κ1) is 12.8. The van der Waals surface area contributed by atoms with Crippen molar-refractivity contribution in [2.45, 2.75) is 12.3 Å². The molecule has 1 rings (SSSR count). The molecule has 0 spiro atoms. The molecule has 1 aromatic rings. The Balaban J connectivity index is 3.05. The van der Waals surface area contributed by atoms with Crippen LogP contribution in [0, 0.1) is 0 Å². The first-order valence-corrected chi connectivity index (χ1v) is 5.38. The molecule has 0 aliphatic rings. The molecule has 1 unspecified atom stereocenters. The number of methoxy groups -OCH3 is 2. The molecular weight excluding hydrogens is 204 g/mol. The molecule has 16 heavy (non-hydrogen) atoms. The largest absolute Gasteiger partial charge is 0.497 e. The van der Waals surface area contributed by atoms with Crippen molar-refractivity contribution in [2.75, 3.05) is 27.3 Å². The van der Waals surface area contributed by atoms with E-state index in [0.717, 1.165) is 23.5 Å². The molecule has 90 valence electrons. The van der Waals surface area contributed by atoms with Crippen LogP contribution in [0.1, 0.15) is 17.9 Å². The van der Waals surface area contributed by atoms with E-state index in [9.17, 15) is 0 Å². The van der Waals surface area contributed by atoms with E-state index in [1.165, 1.54) is 0 Å². The zero-order chi connectivity index (χ0) is 12.0. The average Bonchev–Trinajstić information content (AvgIpc) is 2.35. The van der Waals surface area contributed by atoms with E-state index >= 15 is 0 Å². The highest BCUT2D eigenvalue weighted by atomic mass is 16.5. The summed E-state index contributed by atoms with van der Waals surface area (Å²) < 4.78 is 10.5. The summed E-state index contributed by atoms with van der Waals surface area (Å²) in [5.41, 5.74) is 12.4. The van der Waals surface area contributed by atoms with Gasteiger partial charge in [-0.05, 0) is 37.7 Å². The van der Waals surface area contributed by atoms with Crippen molar-refractivity contribution in [3.05, 3.63) is 23.8 Å². The smallest absolute Gasteiger partial charge is 0.122 e. The fraction of sp³-hybridized carbons (Fsp3) is 0.500. The summed E-state index contributed by atoms with van der Waals surface area (Å²) in [5, 5.41) is 0. The number of hydrogen-bond acceptors (Lipinski definition) is 4. The van der Waals surface area contributed by atoms with Crippen LogP contribution in [0.25, 0.3) is 0 Å². The van der Waals surface area contributed by atoms with Crippen LogP contribution in [0.4, 0.5) is 0 Å². The van der Waals surface area contributed by atoms with Gasteiger partial charge in [0.05, 0.1) is 14.2 Å². The van der Waals surface area contributed by atoms with E-state index in [1.807, 2.05) is 18.2 Å². The summed E-state index contributed by atoms with van der Waals surface area (Å²) in [6.07, 6.45) is 0.847. The van der Waals surface area contributed by atoms with Crippen molar-refractivity contribution >= 4 is 0 Å². The highest BCUT2D eigenvalue weighted by Gasteiger charge is 2.15. The van der Waals surface area contributed by atoms with Gasteiger partial charge >= 0.3 is 0 Å². The molecule has 4 nitrogen and oxygen atoms in total. The Morgan fingerprint density at radius 2 is 1.94 bits per heavy atom. The van der Waals surface area contributed by atoms with Crippen LogP contribution in [-0.4, -0.2) is 27.3 Å². The number of benzene rings is 1. The molecule has 0 radical (unpaired) electrons. The molecule has 0 heterocycles. The minimum Gasteiger partial charge on any atom is -0.497 e. The molecule has 0 saturated carbocycles. The third kappa shape index (κ3) is 2.87. The van der Waals surface area contributed by atoms with Gasteiger partial charge in [-0.1, -0.05) is 0 Å². The highest BCUT2D eigenvalue weighted by molar-refractivity contribution is 5.42. The van der Waals surface area contributed by atoms with E-state index in [0.29, 0.717) is 13.1 Å². The average molecular weight is 224 g/mol. The predicted molar refractivity (Wildman–Crippen MR) is 65.0 cm³/mol. The second kappa shape index (κ2) is 6.35. The number of ether oxygens (including phenoxy) is 2. The molecule has 0 aliphatic carbocycles. The van der Waals surface area contributed by atoms with Crippen LogP contribution in [0.15, 0.2) is 18.2 Å². The minimum absolute atomic E-state index is 0.218. The van der Waals surface area contributed by atoms with Crippen molar-refractivity contribution in [3.8, 4) is 11.5 Å². The standard InChI is InChI=1S/C12H20N2O2/c1-15-10-3-4-12(16-2)11(7-10)9(8-14)5-6-13/h3-4,7,9H,5-6,8,13-14H2,1-2H3. The quantitative estimate of drug-likeness (QED) is 0.759. The lowest BCUT2D eigenvalue weighted by atomic mass is 9.94. The van der Waals surface area contributed by atoms with Gasteiger partial charge in [0.1, 0.15) is 11.5 Å². The third-order valence-electron chi connectivity index (χ3n) is 2.68. The molecule has 0 amide bonds. The van der Waals surface area contributed by atoms with Crippen molar-refractivity contribution < 1.29 is 9.47 Å². The molecule has 0 aliphatic heterocycles. The lowest BCUT2D eigenvalue weighted by molar-refractivity contribution is 0.394. The van der Waals surface area contributed by atoms with Crippen LogP contribution >= 0.6 is 0 Å². The topological polar surface area (TPSA) is 70.5 Å². The zero-order valence-corrected chi connectivity index (χ0v) is 9.90. The highest BCUT2D eigenvalue weighted by Crippen LogP contribution is 2.31. The van der Waals surface area contributed by atoms with Crippen LogP contribution in [0.2, 0.25) is 0 Å². The Labute approximate surface area is 96.5 Å². The Morgan fingerprint density at radius 3 is 2.44 bits per heavy atom. The second-order valence-electron chi connectivity index (χ2n) is 3.62. The van der Waals surface area contributed by atoms with Gasteiger partial charge in [-0.15, -0.1) is 0 Å². The van der Waals surface area contributed by atoms with Crippen molar-refractivity contribution in [3.63, 3.8) is 0 Å². The van der Waals surface area contributed by atoms with Gasteiger partial charge in [0.15, 0.2) is 0 Å². The van der Waals surface area contributed by atoms with E-state index < -0.39 is 0 Å². The normalized spacial score (nSPS) is 12.2. The van der Waals surface area contributed by atoms with Gasteiger partial charge in [-0.3, -0.25) is 0 Å². The van der Waals surface area contributed by atoms with Crippen LogP contribution in [0.3, 0.4) is 0 Å². The fourth-order valence-corrected chi connectivity index (χ4v) is 1.76. The molecule has 0 saturated heterocycles. The van der Waals surface area contributed by atoms with Crippen LogP contribution < -0.4 is 20.9 Å². The Hall–Kier alpha value is -1.26. The summed E-state index contributed by atoms with van der Waals surface area (Å²) in [6.45, 7) is 1.17. The molecule has 4 heteroatoms. The molecule has 4 N–H and O–H groups in total. The van der Waals surface area contributed by atoms with Gasteiger partial charge in [0, 0.05) is 11.5 Å². The molecule has 1 aromatic carbocycles. The lowest BCUT2D eigenvalue weighted by Crippen LogP contribution is -2.17. The lowest BCUT2D eigenvalue weighted by Gasteiger charge is -2.18. The maximum Gasteiger partial charge on any atom is 0.122 e. The Morgan fingerprint density at radius 1 is 1.19 bits per heavy atom. The number of nitrogens with two attached hydrogens (primary N) is 2. The van der Waals surface area contributed by atoms with E-state index in [1.54, 1.807) is 14.2 Å². The SMILES string of the molecule is COc1ccc(OC)c(C(CN)CCN)c1. The van der Waals surface area contributed by atoms with E-state index in [4.69, 9.17) is 20.9 Å². The molecular formula is C12H20N2O2. The van der Waals surface area contributed by atoms with Gasteiger partial charge in [0.2, 0.25) is 0 Å². The molecule has 0 bridgehead atoms. The summed E-state index contributed by atoms with van der Waals surface area (Å²) >= 11 is 0. The maximum absolute atomic E-state index is 5.75. The Kier molecular flexibility index (Phi) is 5.08. The third-order valence-corrected chi connectivity index (χ3v) is 2.68. The predicted octanol–water partition coefficient (Wildman–Crippen LogP) is 1.09. The van der Waals surface area contributed by atoms with Crippen molar-refractivity contribution in [1.82, 2.24) is 0 Å². The summed E-state index contributed by atoms with van der Waals surface area (Å²) in [7, 11) is 3.30. The number of hydrogen-bond donors (Lipinski definition) is 2. The second-order valence-corrected chi connectivity index (χ2v) is 3.62. The molecule has 0 aromatic heterocycles. The van der Waals surface area contributed by atoms with E-state index in [2.05, 4.69) is 0 Å². The molecule has 1 atom stereocenters. The van der Waals surface area contributed by atoms with Gasteiger partial charge in [-0.25, -0.2) is 0 Å². The van der Waals surface area contributed by atoms with Crippen molar-refractivity contribution in [1.29, 1.82) is 0 Å². The Bertz CT molecular complexity index is 329. The fourth-order valence-electron chi connectivity index (χ4n) is 1.76. The van der Waals surface area contributed by atoms with Crippen molar-refractivity contribution in [2.24, 2.45) is 11.5 Å². The van der Waals surface area contributed by atoms with Crippen LogP contribution in [0.5, 0.6) is 11.5 Å². The maximum atomic E-state index is 5.75. The van der Waals surface area contributed by atoms with Gasteiger partial charge < -0.3 is 20.9 Å². The summed E-state index contributed by atoms with van der Waals surface area (Å²) in [5.74, 6) is 1.87. The minimum atomic E-state index is 0.218. The monoisotopic (exact) mass is 224 g/mol. The summed E-state index contributed by atoms with van der Waals surface area (Å²) in [4.78, 5) is 0. The molecule has 0 fully saturated rings. The first-order chi connectivity index (χ1) is 7.76. The van der Waals surface area contributed by atoms with Crippen LogP contribution in [-0.2, 0) is 0 Å².